The molecule has 2 aliphatic rings. The third kappa shape index (κ3) is 3.80. The van der Waals surface area contributed by atoms with Crippen molar-refractivity contribution in [3.63, 3.8) is 0 Å². The van der Waals surface area contributed by atoms with E-state index in [9.17, 15) is 9.59 Å². The van der Waals surface area contributed by atoms with Gasteiger partial charge in [0.25, 0.3) is 0 Å². The number of fused-ring (bicyclic) bond motifs is 1. The molecule has 1 unspecified atom stereocenters. The van der Waals surface area contributed by atoms with Crippen LogP contribution in [0.15, 0.2) is 59.8 Å². The molecule has 1 aliphatic heterocycles. The SMILES string of the molecule is Cc1ccc(-n2nc(C)c3c2NC2=C(C(=O)CCC2)C3c2ccc(OCC(=O)O)cc2)cc1. The van der Waals surface area contributed by atoms with Gasteiger partial charge in [0.15, 0.2) is 12.4 Å². The number of carboxylic acids is 1. The van der Waals surface area contributed by atoms with E-state index in [1.165, 1.54) is 5.56 Å². The van der Waals surface area contributed by atoms with E-state index in [4.69, 9.17) is 14.9 Å². The summed E-state index contributed by atoms with van der Waals surface area (Å²) in [4.78, 5) is 23.9. The number of hydrogen-bond donors (Lipinski definition) is 2. The third-order valence-electron chi connectivity index (χ3n) is 6.26. The number of carbonyl (C=O) groups is 2. The Hall–Kier alpha value is -3.87. The van der Waals surface area contributed by atoms with E-state index >= 15 is 0 Å². The van der Waals surface area contributed by atoms with Crippen molar-refractivity contribution in [2.75, 3.05) is 11.9 Å². The summed E-state index contributed by atoms with van der Waals surface area (Å²) in [7, 11) is 0. The summed E-state index contributed by atoms with van der Waals surface area (Å²) in [6, 6.07) is 15.5. The Morgan fingerprint density at radius 3 is 2.55 bits per heavy atom. The fourth-order valence-corrected chi connectivity index (χ4v) is 4.73. The highest BCUT2D eigenvalue weighted by molar-refractivity contribution is 6.01. The summed E-state index contributed by atoms with van der Waals surface area (Å²) < 4.78 is 7.22. The van der Waals surface area contributed by atoms with Crippen molar-refractivity contribution in [1.29, 1.82) is 0 Å². The Bertz CT molecular complexity index is 1270. The van der Waals surface area contributed by atoms with Gasteiger partial charge in [-0.05, 0) is 56.5 Å². The van der Waals surface area contributed by atoms with Crippen LogP contribution >= 0.6 is 0 Å². The van der Waals surface area contributed by atoms with Crippen LogP contribution in [0.1, 0.15) is 47.6 Å². The summed E-state index contributed by atoms with van der Waals surface area (Å²) >= 11 is 0. The van der Waals surface area contributed by atoms with Crippen LogP contribution in [-0.2, 0) is 9.59 Å². The molecule has 0 radical (unpaired) electrons. The summed E-state index contributed by atoms with van der Waals surface area (Å²) in [5.41, 5.74) is 6.70. The number of nitrogens with one attached hydrogen (secondary N) is 1. The lowest BCUT2D eigenvalue weighted by molar-refractivity contribution is -0.139. The van der Waals surface area contributed by atoms with E-state index in [0.717, 1.165) is 52.4 Å². The number of allylic oxidation sites excluding steroid dienone is 2. The zero-order valence-corrected chi connectivity index (χ0v) is 18.6. The number of nitrogens with zero attached hydrogens (tertiary/aromatic N) is 2. The first-order valence-corrected chi connectivity index (χ1v) is 11.1. The zero-order chi connectivity index (χ0) is 23.1. The average Bonchev–Trinajstić information content (AvgIpc) is 3.13. The number of ketones is 1. The minimum absolute atomic E-state index is 0.160. The van der Waals surface area contributed by atoms with Gasteiger partial charge >= 0.3 is 5.97 Å². The number of hydrogen-bond acceptors (Lipinski definition) is 5. The predicted molar refractivity (Wildman–Crippen MR) is 124 cm³/mol. The lowest BCUT2D eigenvalue weighted by Crippen LogP contribution is -2.27. The van der Waals surface area contributed by atoms with Crippen LogP contribution in [0.3, 0.4) is 0 Å². The molecule has 2 aromatic carbocycles. The quantitative estimate of drug-likeness (QED) is 0.602. The Morgan fingerprint density at radius 2 is 1.85 bits per heavy atom. The second-order valence-electron chi connectivity index (χ2n) is 8.57. The molecule has 0 saturated heterocycles. The maximum absolute atomic E-state index is 13.1. The lowest BCUT2D eigenvalue weighted by Gasteiger charge is -2.33. The number of aromatic nitrogens is 2. The fraction of sp³-hybridized carbons (Fsp3) is 0.269. The van der Waals surface area contributed by atoms with Crippen molar-refractivity contribution in [3.8, 4) is 11.4 Å². The molecule has 0 saturated carbocycles. The predicted octanol–water partition coefficient (Wildman–Crippen LogP) is 4.52. The highest BCUT2D eigenvalue weighted by atomic mass is 16.5. The van der Waals surface area contributed by atoms with Crippen molar-refractivity contribution >= 4 is 17.6 Å². The van der Waals surface area contributed by atoms with E-state index in [-0.39, 0.29) is 11.7 Å². The van der Waals surface area contributed by atoms with Crippen molar-refractivity contribution in [1.82, 2.24) is 9.78 Å². The van der Waals surface area contributed by atoms with Gasteiger partial charge in [-0.3, -0.25) is 4.79 Å². The average molecular weight is 444 g/mol. The van der Waals surface area contributed by atoms with Gasteiger partial charge in [-0.2, -0.15) is 5.10 Å². The van der Waals surface area contributed by atoms with Crippen LogP contribution in [0.5, 0.6) is 5.75 Å². The molecule has 5 rings (SSSR count). The molecule has 2 N–H and O–H groups in total. The molecule has 0 spiro atoms. The fourth-order valence-electron chi connectivity index (χ4n) is 4.73. The highest BCUT2D eigenvalue weighted by Crippen LogP contribution is 2.47. The van der Waals surface area contributed by atoms with Gasteiger partial charge < -0.3 is 15.2 Å². The van der Waals surface area contributed by atoms with Gasteiger partial charge in [0.2, 0.25) is 0 Å². The maximum atomic E-state index is 13.1. The number of benzene rings is 2. The first-order chi connectivity index (χ1) is 15.9. The van der Waals surface area contributed by atoms with Crippen LogP contribution in [0.4, 0.5) is 5.82 Å². The van der Waals surface area contributed by atoms with Crippen LogP contribution in [-0.4, -0.2) is 33.2 Å². The van der Waals surface area contributed by atoms with E-state index in [1.807, 2.05) is 35.9 Å². The summed E-state index contributed by atoms with van der Waals surface area (Å²) in [5.74, 6) is 0.265. The molecule has 7 heteroatoms. The molecule has 0 amide bonds. The first kappa shape index (κ1) is 21.0. The summed E-state index contributed by atoms with van der Waals surface area (Å²) in [6.07, 6.45) is 2.18. The van der Waals surface area contributed by atoms with Crippen LogP contribution in [0.25, 0.3) is 5.69 Å². The number of aryl methyl sites for hydroxylation is 2. The molecular weight excluding hydrogens is 418 g/mol. The van der Waals surface area contributed by atoms with E-state index in [1.54, 1.807) is 12.1 Å². The Kier molecular flexibility index (Phi) is 5.24. The van der Waals surface area contributed by atoms with Crippen LogP contribution < -0.4 is 10.1 Å². The Morgan fingerprint density at radius 1 is 1.12 bits per heavy atom. The Labute approximate surface area is 191 Å². The second kappa shape index (κ2) is 8.24. The summed E-state index contributed by atoms with van der Waals surface area (Å²) in [6.45, 7) is 3.63. The van der Waals surface area contributed by atoms with Gasteiger partial charge in [0.1, 0.15) is 11.6 Å². The highest BCUT2D eigenvalue weighted by Gasteiger charge is 2.38. The minimum atomic E-state index is -1.02. The second-order valence-corrected chi connectivity index (χ2v) is 8.57. The number of carbonyl (C=O) groups excluding carboxylic acids is 1. The molecule has 3 aromatic rings. The van der Waals surface area contributed by atoms with Gasteiger partial charge in [-0.1, -0.05) is 29.8 Å². The van der Waals surface area contributed by atoms with Crippen molar-refractivity contribution in [2.45, 2.75) is 39.0 Å². The molecule has 168 valence electrons. The topological polar surface area (TPSA) is 93.5 Å². The Balaban J connectivity index is 1.62. The maximum Gasteiger partial charge on any atom is 0.341 e. The molecule has 33 heavy (non-hydrogen) atoms. The number of anilines is 1. The normalized spacial score (nSPS) is 17.3. The first-order valence-electron chi connectivity index (χ1n) is 11.1. The number of Topliss-reactive ketones (excluding diaryl/α,β-unsaturated/α-hetero) is 1. The van der Waals surface area contributed by atoms with Crippen LogP contribution in [0.2, 0.25) is 0 Å². The monoisotopic (exact) mass is 443 g/mol. The minimum Gasteiger partial charge on any atom is -0.482 e. The van der Waals surface area contributed by atoms with Gasteiger partial charge in [-0.15, -0.1) is 0 Å². The van der Waals surface area contributed by atoms with Crippen molar-refractivity contribution < 1.29 is 19.4 Å². The molecule has 0 bridgehead atoms. The molecule has 7 nitrogen and oxygen atoms in total. The molecule has 1 atom stereocenters. The van der Waals surface area contributed by atoms with E-state index in [2.05, 4.69) is 24.4 Å². The smallest absolute Gasteiger partial charge is 0.341 e. The molecular formula is C26H25N3O4. The van der Waals surface area contributed by atoms with Crippen LogP contribution in [0, 0.1) is 13.8 Å². The summed E-state index contributed by atoms with van der Waals surface area (Å²) in [5, 5.41) is 17.2. The van der Waals surface area contributed by atoms with Gasteiger partial charge in [0.05, 0.1) is 11.4 Å². The third-order valence-corrected chi connectivity index (χ3v) is 6.26. The molecule has 0 fully saturated rings. The van der Waals surface area contributed by atoms with Gasteiger partial charge in [-0.25, -0.2) is 9.48 Å². The zero-order valence-electron chi connectivity index (χ0n) is 18.6. The van der Waals surface area contributed by atoms with Gasteiger partial charge in [0, 0.05) is 29.2 Å². The number of aliphatic carboxylic acids is 1. The molecule has 2 heterocycles. The number of rotatable bonds is 5. The van der Waals surface area contributed by atoms with E-state index < -0.39 is 12.6 Å². The standard InChI is InChI=1S/C26H25N3O4/c1-15-6-10-18(11-7-15)29-26-23(16(2)28-29)24(25-20(27-26)4-3-5-21(25)30)17-8-12-19(13-9-17)33-14-22(31)32/h6-13,24,27H,3-5,14H2,1-2H3,(H,31,32). The number of carboxylic acid groups (broad SMARTS) is 1. The van der Waals surface area contributed by atoms with Crippen molar-refractivity contribution in [2.24, 2.45) is 0 Å². The molecule has 1 aliphatic carbocycles. The largest absolute Gasteiger partial charge is 0.482 e. The van der Waals surface area contributed by atoms with E-state index in [0.29, 0.717) is 12.2 Å². The number of ether oxygens (including phenoxy) is 1. The molecule has 1 aromatic heterocycles. The lowest BCUT2D eigenvalue weighted by atomic mass is 9.76. The van der Waals surface area contributed by atoms with Crippen molar-refractivity contribution in [3.05, 3.63) is 82.2 Å².